The molecule has 1 aliphatic rings. The van der Waals surface area contributed by atoms with Crippen molar-refractivity contribution in [2.24, 2.45) is 0 Å². The van der Waals surface area contributed by atoms with Gasteiger partial charge >= 0.3 is 6.09 Å². The Morgan fingerprint density at radius 1 is 1.39 bits per heavy atom. The van der Waals surface area contributed by atoms with Crippen LogP contribution in [0.5, 0.6) is 0 Å². The number of hydrogen-bond donors (Lipinski definition) is 2. The molecule has 0 spiro atoms. The van der Waals surface area contributed by atoms with Gasteiger partial charge in [0.1, 0.15) is 5.60 Å². The van der Waals surface area contributed by atoms with E-state index >= 15 is 0 Å². The molecule has 0 radical (unpaired) electrons. The molecule has 23 heavy (non-hydrogen) atoms. The number of carbonyl (C=O) groups excluding carboxylic acids is 1. The van der Waals surface area contributed by atoms with E-state index in [1.807, 2.05) is 32.1 Å². The quantitative estimate of drug-likeness (QED) is 0.746. The number of nitrogens with one attached hydrogen (secondary N) is 2. The van der Waals surface area contributed by atoms with Gasteiger partial charge in [0.15, 0.2) is 0 Å². The van der Waals surface area contributed by atoms with Gasteiger partial charge in [-0.15, -0.1) is 11.3 Å². The number of hydrogen-bond acceptors (Lipinski definition) is 4. The number of carbonyl (C=O) groups is 1. The Labute approximate surface area is 151 Å². The normalized spacial score (nSPS) is 17.3. The molecule has 0 saturated heterocycles. The van der Waals surface area contributed by atoms with Crippen molar-refractivity contribution in [1.29, 1.82) is 0 Å². The lowest BCUT2D eigenvalue weighted by Crippen LogP contribution is -2.51. The predicted octanol–water partition coefficient (Wildman–Crippen LogP) is 4.75. The van der Waals surface area contributed by atoms with Crippen molar-refractivity contribution < 1.29 is 9.53 Å². The second-order valence-electron chi connectivity index (χ2n) is 7.31. The molecule has 1 aromatic heterocycles. The van der Waals surface area contributed by atoms with E-state index in [9.17, 15) is 4.79 Å². The summed E-state index contributed by atoms with van der Waals surface area (Å²) < 4.78 is 6.52. The molecular weight excluding hydrogens is 376 g/mol. The zero-order chi connectivity index (χ0) is 17.1. The topological polar surface area (TPSA) is 50.4 Å². The minimum atomic E-state index is -0.457. The van der Waals surface area contributed by atoms with Gasteiger partial charge in [0.2, 0.25) is 0 Å². The summed E-state index contributed by atoms with van der Waals surface area (Å²) in [5.74, 6) is 0. The summed E-state index contributed by atoms with van der Waals surface area (Å²) in [7, 11) is 0. The summed E-state index contributed by atoms with van der Waals surface area (Å²) >= 11 is 5.38. The van der Waals surface area contributed by atoms with Gasteiger partial charge < -0.3 is 15.4 Å². The van der Waals surface area contributed by atoms with E-state index < -0.39 is 5.60 Å². The van der Waals surface area contributed by atoms with Gasteiger partial charge in [-0.25, -0.2) is 4.79 Å². The van der Waals surface area contributed by atoms with Crippen molar-refractivity contribution in [3.8, 4) is 0 Å². The molecular formula is C17H27BrN2O2S. The third-order valence-corrected chi connectivity index (χ3v) is 6.21. The van der Waals surface area contributed by atoms with Crippen LogP contribution in [-0.4, -0.2) is 23.8 Å². The van der Waals surface area contributed by atoms with Crippen LogP contribution in [0, 0.1) is 6.92 Å². The smallest absolute Gasteiger partial charge is 0.407 e. The Bertz CT molecular complexity index is 526. The minimum Gasteiger partial charge on any atom is -0.444 e. The number of rotatable bonds is 5. The Morgan fingerprint density at radius 3 is 2.57 bits per heavy atom. The summed E-state index contributed by atoms with van der Waals surface area (Å²) in [6.07, 6.45) is 4.26. The first kappa shape index (κ1) is 18.7. The molecule has 6 heteroatoms. The van der Waals surface area contributed by atoms with Crippen LogP contribution in [0.4, 0.5) is 4.79 Å². The number of amides is 1. The second kappa shape index (κ2) is 7.53. The van der Waals surface area contributed by atoms with E-state index in [0.29, 0.717) is 6.54 Å². The highest BCUT2D eigenvalue weighted by atomic mass is 79.9. The molecule has 1 amide bonds. The van der Waals surface area contributed by atoms with E-state index in [1.165, 1.54) is 27.1 Å². The fourth-order valence-electron chi connectivity index (χ4n) is 2.90. The fourth-order valence-corrected chi connectivity index (χ4v) is 4.44. The van der Waals surface area contributed by atoms with E-state index in [4.69, 9.17) is 4.74 Å². The highest BCUT2D eigenvalue weighted by Crippen LogP contribution is 2.31. The zero-order valence-corrected chi connectivity index (χ0v) is 16.8. The molecule has 4 nitrogen and oxygen atoms in total. The van der Waals surface area contributed by atoms with Gasteiger partial charge in [0, 0.05) is 32.9 Å². The largest absolute Gasteiger partial charge is 0.444 e. The van der Waals surface area contributed by atoms with Gasteiger partial charge in [-0.1, -0.05) is 12.8 Å². The Kier molecular flexibility index (Phi) is 6.14. The first-order chi connectivity index (χ1) is 10.7. The molecule has 0 bridgehead atoms. The van der Waals surface area contributed by atoms with E-state index in [-0.39, 0.29) is 11.6 Å². The third-order valence-electron chi connectivity index (χ3n) is 4.08. The number of thiophene rings is 1. The van der Waals surface area contributed by atoms with Crippen molar-refractivity contribution in [2.45, 2.75) is 71.1 Å². The predicted molar refractivity (Wildman–Crippen MR) is 99.0 cm³/mol. The fraction of sp³-hybridized carbons (Fsp3) is 0.706. The number of alkyl carbamates (subject to hydrolysis) is 1. The summed E-state index contributed by atoms with van der Waals surface area (Å²) in [5.41, 5.74) is -0.470. The minimum absolute atomic E-state index is 0.0126. The van der Waals surface area contributed by atoms with Crippen LogP contribution in [0.15, 0.2) is 10.5 Å². The summed E-state index contributed by atoms with van der Waals surface area (Å²) in [6.45, 7) is 9.22. The first-order valence-corrected chi connectivity index (χ1v) is 9.77. The zero-order valence-electron chi connectivity index (χ0n) is 14.4. The summed E-state index contributed by atoms with van der Waals surface area (Å²) in [5, 5.41) is 6.63. The highest BCUT2D eigenvalue weighted by molar-refractivity contribution is 9.10. The first-order valence-electron chi connectivity index (χ1n) is 8.16. The van der Waals surface area contributed by atoms with Crippen LogP contribution in [0.2, 0.25) is 0 Å². The van der Waals surface area contributed by atoms with Crippen molar-refractivity contribution in [3.63, 3.8) is 0 Å². The Balaban J connectivity index is 1.90. The van der Waals surface area contributed by atoms with Crippen molar-refractivity contribution in [3.05, 3.63) is 20.3 Å². The molecule has 1 heterocycles. The molecule has 0 aromatic carbocycles. The number of ether oxygens (including phenoxy) is 1. The molecule has 0 unspecified atom stereocenters. The van der Waals surface area contributed by atoms with Gasteiger partial charge in [-0.3, -0.25) is 0 Å². The van der Waals surface area contributed by atoms with Crippen LogP contribution in [-0.2, 0) is 11.3 Å². The van der Waals surface area contributed by atoms with E-state index in [0.717, 1.165) is 19.4 Å². The van der Waals surface area contributed by atoms with Crippen LogP contribution in [0.1, 0.15) is 56.2 Å². The Morgan fingerprint density at radius 2 is 2.04 bits per heavy atom. The lowest BCUT2D eigenvalue weighted by atomic mass is 9.97. The lowest BCUT2D eigenvalue weighted by Gasteiger charge is -2.31. The monoisotopic (exact) mass is 402 g/mol. The molecule has 1 fully saturated rings. The van der Waals surface area contributed by atoms with Crippen molar-refractivity contribution in [2.75, 3.05) is 6.54 Å². The van der Waals surface area contributed by atoms with Crippen molar-refractivity contribution >= 4 is 33.4 Å². The summed E-state index contributed by atoms with van der Waals surface area (Å²) in [4.78, 5) is 14.5. The number of aryl methyl sites for hydroxylation is 1. The molecule has 1 aromatic rings. The van der Waals surface area contributed by atoms with Gasteiger partial charge in [0.05, 0.1) is 0 Å². The van der Waals surface area contributed by atoms with Gasteiger partial charge in [-0.2, -0.15) is 0 Å². The second-order valence-corrected chi connectivity index (χ2v) is 9.51. The molecule has 1 aliphatic carbocycles. The maximum absolute atomic E-state index is 11.9. The van der Waals surface area contributed by atoms with Crippen LogP contribution >= 0.6 is 27.3 Å². The average Bonchev–Trinajstić information content (AvgIpc) is 3.01. The molecule has 0 atom stereocenters. The van der Waals surface area contributed by atoms with Crippen LogP contribution in [0.3, 0.4) is 0 Å². The highest BCUT2D eigenvalue weighted by Gasteiger charge is 2.34. The third kappa shape index (κ3) is 5.76. The molecule has 1 saturated carbocycles. The maximum Gasteiger partial charge on any atom is 0.407 e. The summed E-state index contributed by atoms with van der Waals surface area (Å²) in [6, 6.07) is 2.18. The molecule has 2 N–H and O–H groups in total. The molecule has 2 rings (SSSR count). The van der Waals surface area contributed by atoms with Gasteiger partial charge in [-0.05, 0) is 62.5 Å². The average molecular weight is 403 g/mol. The van der Waals surface area contributed by atoms with Gasteiger partial charge in [0.25, 0.3) is 0 Å². The SMILES string of the molecule is Cc1sc(CNC2(CNC(=O)OC(C)(C)C)CCCC2)cc1Br. The number of halogens is 1. The van der Waals surface area contributed by atoms with Crippen LogP contribution < -0.4 is 10.6 Å². The maximum atomic E-state index is 11.9. The molecule has 130 valence electrons. The van der Waals surface area contributed by atoms with E-state index in [1.54, 1.807) is 0 Å². The van der Waals surface area contributed by atoms with Crippen molar-refractivity contribution in [1.82, 2.24) is 10.6 Å². The van der Waals surface area contributed by atoms with Crippen LogP contribution in [0.25, 0.3) is 0 Å². The Hall–Kier alpha value is -0.590. The standard InChI is InChI=1S/C17H27BrN2O2S/c1-12-14(18)9-13(23-12)10-20-17(7-5-6-8-17)11-19-15(21)22-16(2,3)4/h9,20H,5-8,10-11H2,1-4H3,(H,19,21). The van der Waals surface area contributed by atoms with E-state index in [2.05, 4.69) is 39.6 Å². The molecule has 0 aliphatic heterocycles. The lowest BCUT2D eigenvalue weighted by molar-refractivity contribution is 0.0509.